The summed E-state index contributed by atoms with van der Waals surface area (Å²) in [5.74, 6) is -2.07. The molecular formula is C26H38F2N8O4. The van der Waals surface area contributed by atoms with Crippen molar-refractivity contribution in [2.45, 2.75) is 71.4 Å². The summed E-state index contributed by atoms with van der Waals surface area (Å²) in [6.45, 7) is 8.08. The van der Waals surface area contributed by atoms with Crippen molar-refractivity contribution >= 4 is 29.7 Å². The van der Waals surface area contributed by atoms with Gasteiger partial charge in [0.2, 0.25) is 11.8 Å². The summed E-state index contributed by atoms with van der Waals surface area (Å²) < 4.78 is 40.7. The second-order valence-electron chi connectivity index (χ2n) is 10.00. The van der Waals surface area contributed by atoms with Gasteiger partial charge in [-0.2, -0.15) is 4.98 Å². The third-order valence-electron chi connectivity index (χ3n) is 6.31. The number of anilines is 3. The summed E-state index contributed by atoms with van der Waals surface area (Å²) in [5.41, 5.74) is 0. The average molecular weight is 565 g/mol. The van der Waals surface area contributed by atoms with E-state index in [1.807, 2.05) is 6.92 Å². The van der Waals surface area contributed by atoms with Crippen LogP contribution in [0, 0.1) is 5.92 Å². The first-order chi connectivity index (χ1) is 19.0. The number of amides is 3. The van der Waals surface area contributed by atoms with E-state index in [4.69, 9.17) is 9.47 Å². The van der Waals surface area contributed by atoms with E-state index in [0.29, 0.717) is 12.5 Å². The van der Waals surface area contributed by atoms with E-state index >= 15 is 0 Å². The van der Waals surface area contributed by atoms with Crippen LogP contribution in [0.25, 0.3) is 0 Å². The molecule has 40 heavy (non-hydrogen) atoms. The lowest BCUT2D eigenvalue weighted by atomic mass is 10.00. The SMILES string of the molecule is CCC[C@@H](CC(C)C)OC(=O)Nc1ccnc(N2CCC(F)(F)[C@@H](N(C)C(=O)Nc3cnc(OCC)cn3)C2)n1. The molecule has 14 heteroatoms. The lowest BCUT2D eigenvalue weighted by Crippen LogP contribution is -2.60. The maximum absolute atomic E-state index is 15.0. The zero-order valence-electron chi connectivity index (χ0n) is 23.6. The molecule has 2 atom stereocenters. The molecule has 0 bridgehead atoms. The normalized spacial score (nSPS) is 17.2. The number of urea groups is 1. The number of rotatable bonds is 11. The van der Waals surface area contributed by atoms with E-state index in [9.17, 15) is 18.4 Å². The molecule has 0 saturated carbocycles. The molecule has 0 spiro atoms. The fraction of sp³-hybridized carbons (Fsp3) is 0.615. The Labute approximate surface area is 232 Å². The molecule has 0 radical (unpaired) electrons. The van der Waals surface area contributed by atoms with Gasteiger partial charge in [0.1, 0.15) is 18.0 Å². The zero-order valence-corrected chi connectivity index (χ0v) is 23.6. The number of nitrogens with zero attached hydrogens (tertiary/aromatic N) is 6. The Morgan fingerprint density at radius 2 is 1.95 bits per heavy atom. The maximum Gasteiger partial charge on any atom is 0.413 e. The van der Waals surface area contributed by atoms with Crippen LogP contribution in [-0.4, -0.2) is 81.8 Å². The molecule has 2 aromatic heterocycles. The Morgan fingerprint density at radius 1 is 1.18 bits per heavy atom. The Hall–Kier alpha value is -3.84. The molecule has 0 aromatic carbocycles. The minimum Gasteiger partial charge on any atom is -0.477 e. The first kappa shape index (κ1) is 30.7. The van der Waals surface area contributed by atoms with Gasteiger partial charge in [-0.3, -0.25) is 10.6 Å². The van der Waals surface area contributed by atoms with Crippen molar-refractivity contribution in [1.82, 2.24) is 24.8 Å². The van der Waals surface area contributed by atoms with Gasteiger partial charge in [-0.1, -0.05) is 27.2 Å². The van der Waals surface area contributed by atoms with Crippen LogP contribution in [-0.2, 0) is 4.74 Å². The topological polar surface area (TPSA) is 135 Å². The van der Waals surface area contributed by atoms with Crippen molar-refractivity contribution in [2.24, 2.45) is 5.92 Å². The number of piperidine rings is 1. The second kappa shape index (κ2) is 14.0. The highest BCUT2D eigenvalue weighted by atomic mass is 19.3. The van der Waals surface area contributed by atoms with Crippen molar-refractivity contribution in [3.63, 3.8) is 0 Å². The predicted molar refractivity (Wildman–Crippen MR) is 146 cm³/mol. The number of alkyl halides is 2. The van der Waals surface area contributed by atoms with Gasteiger partial charge in [0.05, 0.1) is 19.0 Å². The molecule has 1 saturated heterocycles. The van der Waals surface area contributed by atoms with Gasteiger partial charge in [-0.15, -0.1) is 0 Å². The van der Waals surface area contributed by atoms with Gasteiger partial charge in [-0.05, 0) is 31.7 Å². The van der Waals surface area contributed by atoms with E-state index in [1.165, 1.54) is 31.7 Å². The molecule has 220 valence electrons. The van der Waals surface area contributed by atoms with Crippen molar-refractivity contribution in [3.8, 4) is 5.88 Å². The minimum absolute atomic E-state index is 0.0375. The quantitative estimate of drug-likeness (QED) is 0.394. The molecule has 3 rings (SSSR count). The molecule has 2 N–H and O–H groups in total. The third-order valence-corrected chi connectivity index (χ3v) is 6.31. The Morgan fingerprint density at radius 3 is 2.60 bits per heavy atom. The van der Waals surface area contributed by atoms with E-state index in [2.05, 4.69) is 44.4 Å². The number of carbonyl (C=O) groups excluding carboxylic acids is 2. The number of nitrogens with one attached hydrogen (secondary N) is 2. The highest BCUT2D eigenvalue weighted by Crippen LogP contribution is 2.33. The smallest absolute Gasteiger partial charge is 0.413 e. The first-order valence-electron chi connectivity index (χ1n) is 13.4. The van der Waals surface area contributed by atoms with Crippen LogP contribution in [0.3, 0.4) is 0 Å². The average Bonchev–Trinajstić information content (AvgIpc) is 2.89. The number of likely N-dealkylation sites (N-methyl/N-ethyl adjacent to an activating group) is 1. The van der Waals surface area contributed by atoms with Gasteiger partial charge in [0, 0.05) is 32.8 Å². The molecule has 1 fully saturated rings. The van der Waals surface area contributed by atoms with E-state index in [0.717, 1.165) is 24.2 Å². The monoisotopic (exact) mass is 564 g/mol. The summed E-state index contributed by atoms with van der Waals surface area (Å²) in [7, 11) is 1.29. The number of hydrogen-bond acceptors (Lipinski definition) is 9. The molecule has 2 aromatic rings. The fourth-order valence-corrected chi connectivity index (χ4v) is 4.34. The summed E-state index contributed by atoms with van der Waals surface area (Å²) in [6.07, 6.45) is 5.04. The molecule has 0 aliphatic carbocycles. The highest BCUT2D eigenvalue weighted by molar-refractivity contribution is 5.88. The summed E-state index contributed by atoms with van der Waals surface area (Å²) in [4.78, 5) is 44.4. The minimum atomic E-state index is -3.16. The van der Waals surface area contributed by atoms with Crippen LogP contribution in [0.4, 0.5) is 36.0 Å². The largest absolute Gasteiger partial charge is 0.477 e. The zero-order chi connectivity index (χ0) is 29.3. The van der Waals surface area contributed by atoms with Crippen LogP contribution < -0.4 is 20.3 Å². The van der Waals surface area contributed by atoms with Gasteiger partial charge in [0.15, 0.2) is 5.82 Å². The Balaban J connectivity index is 1.66. The van der Waals surface area contributed by atoms with Crippen LogP contribution in [0.15, 0.2) is 24.7 Å². The Bertz CT molecular complexity index is 1120. The van der Waals surface area contributed by atoms with Crippen molar-refractivity contribution in [3.05, 3.63) is 24.7 Å². The number of hydrogen-bond donors (Lipinski definition) is 2. The summed E-state index contributed by atoms with van der Waals surface area (Å²) in [5, 5.41) is 5.09. The van der Waals surface area contributed by atoms with E-state index in [-0.39, 0.29) is 42.7 Å². The number of carbonyl (C=O) groups is 2. The van der Waals surface area contributed by atoms with Gasteiger partial charge in [-0.25, -0.2) is 33.3 Å². The van der Waals surface area contributed by atoms with Gasteiger partial charge in [0.25, 0.3) is 5.92 Å². The molecule has 1 aliphatic rings. The first-order valence-corrected chi connectivity index (χ1v) is 13.4. The molecule has 0 unspecified atom stereocenters. The van der Waals surface area contributed by atoms with Crippen LogP contribution in [0.1, 0.15) is 53.4 Å². The number of halogens is 2. The molecule has 12 nitrogen and oxygen atoms in total. The lowest BCUT2D eigenvalue weighted by molar-refractivity contribution is -0.0760. The predicted octanol–water partition coefficient (Wildman–Crippen LogP) is 4.81. The van der Waals surface area contributed by atoms with Gasteiger partial charge < -0.3 is 19.3 Å². The Kier molecular flexibility index (Phi) is 10.7. The molecule has 3 amide bonds. The molecule has 1 aliphatic heterocycles. The number of aromatic nitrogens is 4. The summed E-state index contributed by atoms with van der Waals surface area (Å²) in [6, 6.07) is -0.754. The summed E-state index contributed by atoms with van der Waals surface area (Å²) >= 11 is 0. The van der Waals surface area contributed by atoms with Crippen molar-refractivity contribution in [2.75, 3.05) is 42.3 Å². The van der Waals surface area contributed by atoms with Crippen LogP contribution in [0.2, 0.25) is 0 Å². The highest BCUT2D eigenvalue weighted by Gasteiger charge is 2.48. The second-order valence-corrected chi connectivity index (χ2v) is 10.00. The van der Waals surface area contributed by atoms with Gasteiger partial charge >= 0.3 is 12.1 Å². The van der Waals surface area contributed by atoms with Crippen molar-refractivity contribution < 1.29 is 27.8 Å². The van der Waals surface area contributed by atoms with Crippen LogP contribution in [0.5, 0.6) is 5.88 Å². The fourth-order valence-electron chi connectivity index (χ4n) is 4.34. The lowest BCUT2D eigenvalue weighted by Gasteiger charge is -2.42. The van der Waals surface area contributed by atoms with E-state index < -0.39 is 30.5 Å². The van der Waals surface area contributed by atoms with Crippen molar-refractivity contribution in [1.29, 1.82) is 0 Å². The maximum atomic E-state index is 15.0. The standard InChI is InChI=1S/C26H38F2N8O4/c1-6-8-18(13-17(3)4)40-25(38)34-20-9-11-29-23(32-20)36-12-10-26(27,28)19(16-36)35(5)24(37)33-21-14-31-22(15-30-21)39-7-2/h9,11,14-15,17-19H,6-8,10,12-13,16H2,1-5H3,(H,30,33,37)(H,29,32,34,38)/t18-,19-/m0/s1. The number of ether oxygens (including phenoxy) is 2. The van der Waals surface area contributed by atoms with Crippen LogP contribution >= 0.6 is 0 Å². The molecule has 3 heterocycles. The van der Waals surface area contributed by atoms with E-state index in [1.54, 1.807) is 11.8 Å². The third kappa shape index (κ3) is 8.58. The molecular weight excluding hydrogens is 526 g/mol.